The van der Waals surface area contributed by atoms with Gasteiger partial charge in [0.1, 0.15) is 0 Å². The zero-order chi connectivity index (χ0) is 9.91. The van der Waals surface area contributed by atoms with Gasteiger partial charge in [-0.2, -0.15) is 0 Å². The zero-order valence-corrected chi connectivity index (χ0v) is 8.12. The van der Waals surface area contributed by atoms with Gasteiger partial charge in [0.2, 0.25) is 0 Å². The summed E-state index contributed by atoms with van der Waals surface area (Å²) in [5, 5.41) is 0. The minimum absolute atomic E-state index is 0.103. The number of halogens is 3. The standard InChI is InChI=1S/C9H15BF3/c1-8(2)5-9(6-8)3-7(4-9)10(11,12)13/h7H,3-6H2,1-2H3/q-1. The molecule has 0 aliphatic heterocycles. The molecule has 1 spiro atoms. The second-order valence-electron chi connectivity index (χ2n) is 5.81. The highest BCUT2D eigenvalue weighted by molar-refractivity contribution is 6.60. The lowest BCUT2D eigenvalue weighted by molar-refractivity contribution is -0.0812. The Hall–Kier alpha value is -0.145. The molecule has 0 atom stereocenters. The minimum atomic E-state index is -4.55. The minimum Gasteiger partial charge on any atom is -0.449 e. The van der Waals surface area contributed by atoms with Gasteiger partial charge in [0.05, 0.1) is 0 Å². The first-order chi connectivity index (χ1) is 5.73. The molecule has 76 valence electrons. The maximum Gasteiger partial charge on any atom is 0.481 e. The van der Waals surface area contributed by atoms with Crippen molar-refractivity contribution in [1.29, 1.82) is 0 Å². The Morgan fingerprint density at radius 1 is 1.08 bits per heavy atom. The van der Waals surface area contributed by atoms with E-state index in [1.165, 1.54) is 0 Å². The molecular weight excluding hydrogens is 176 g/mol. The van der Waals surface area contributed by atoms with Gasteiger partial charge in [-0.15, -0.1) is 0 Å². The molecule has 2 aliphatic carbocycles. The Kier molecular flexibility index (Phi) is 1.64. The Balaban J connectivity index is 1.87. The zero-order valence-electron chi connectivity index (χ0n) is 8.12. The van der Waals surface area contributed by atoms with E-state index in [-0.39, 0.29) is 5.41 Å². The van der Waals surface area contributed by atoms with Gasteiger partial charge >= 0.3 is 6.98 Å². The van der Waals surface area contributed by atoms with E-state index in [0.717, 1.165) is 12.8 Å². The van der Waals surface area contributed by atoms with Crippen LogP contribution in [0.5, 0.6) is 0 Å². The average molecular weight is 191 g/mol. The summed E-state index contributed by atoms with van der Waals surface area (Å²) in [5.41, 5.74) is 0.412. The van der Waals surface area contributed by atoms with Crippen LogP contribution in [0.15, 0.2) is 0 Å². The predicted octanol–water partition coefficient (Wildman–Crippen LogP) is 3.80. The third-order valence-electron chi connectivity index (χ3n) is 3.63. The van der Waals surface area contributed by atoms with Crippen LogP contribution in [0.1, 0.15) is 39.5 Å². The maximum atomic E-state index is 12.3. The summed E-state index contributed by atoms with van der Waals surface area (Å²) in [6.45, 7) is -0.262. The van der Waals surface area contributed by atoms with Crippen LogP contribution in [-0.2, 0) is 0 Å². The molecule has 0 bridgehead atoms. The SMILES string of the molecule is CC1(C)CC2(CC([B-](F)(F)F)C2)C1. The molecule has 0 nitrogen and oxygen atoms in total. The lowest BCUT2D eigenvalue weighted by Gasteiger charge is -2.64. The molecule has 2 saturated carbocycles. The normalized spacial score (nSPS) is 31.2. The van der Waals surface area contributed by atoms with E-state index in [9.17, 15) is 12.9 Å². The fraction of sp³-hybridized carbons (Fsp3) is 1.00. The molecule has 0 saturated heterocycles. The maximum absolute atomic E-state index is 12.3. The van der Waals surface area contributed by atoms with Crippen LogP contribution in [0.3, 0.4) is 0 Å². The molecule has 0 N–H and O–H groups in total. The van der Waals surface area contributed by atoms with E-state index in [0.29, 0.717) is 18.3 Å². The number of hydrogen-bond donors (Lipinski definition) is 0. The third kappa shape index (κ3) is 1.48. The topological polar surface area (TPSA) is 0 Å². The van der Waals surface area contributed by atoms with Crippen molar-refractivity contribution in [3.8, 4) is 0 Å². The summed E-state index contributed by atoms with van der Waals surface area (Å²) < 4.78 is 36.8. The Labute approximate surface area is 76.9 Å². The van der Waals surface area contributed by atoms with Crippen molar-refractivity contribution in [1.82, 2.24) is 0 Å². The van der Waals surface area contributed by atoms with Crippen molar-refractivity contribution >= 4 is 6.98 Å². The lowest BCUT2D eigenvalue weighted by atomic mass is 9.38. The van der Waals surface area contributed by atoms with Crippen molar-refractivity contribution in [2.75, 3.05) is 0 Å². The molecule has 0 aromatic carbocycles. The fourth-order valence-electron chi connectivity index (χ4n) is 3.59. The Bertz CT molecular complexity index is 216. The van der Waals surface area contributed by atoms with Gasteiger partial charge in [-0.1, -0.05) is 32.5 Å². The van der Waals surface area contributed by atoms with Gasteiger partial charge in [0.25, 0.3) is 0 Å². The molecule has 0 radical (unpaired) electrons. The Morgan fingerprint density at radius 3 is 1.85 bits per heavy atom. The number of rotatable bonds is 1. The summed E-state index contributed by atoms with van der Waals surface area (Å²) in [6.07, 6.45) is 2.84. The van der Waals surface area contributed by atoms with E-state index in [1.54, 1.807) is 0 Å². The van der Waals surface area contributed by atoms with E-state index >= 15 is 0 Å². The molecular formula is C9H15BF3-. The first-order valence-electron chi connectivity index (χ1n) is 4.93. The van der Waals surface area contributed by atoms with Crippen LogP contribution in [0.4, 0.5) is 12.9 Å². The summed E-state index contributed by atoms with van der Waals surface area (Å²) in [5.74, 6) is -0.934. The molecule has 4 heteroatoms. The quantitative estimate of drug-likeness (QED) is 0.553. The molecule has 0 aromatic rings. The van der Waals surface area contributed by atoms with Crippen molar-refractivity contribution in [3.05, 3.63) is 0 Å². The predicted molar refractivity (Wildman–Crippen MR) is 47.5 cm³/mol. The van der Waals surface area contributed by atoms with Crippen molar-refractivity contribution in [3.63, 3.8) is 0 Å². The van der Waals surface area contributed by atoms with Gasteiger partial charge in [0, 0.05) is 0 Å². The third-order valence-corrected chi connectivity index (χ3v) is 3.63. The molecule has 2 fully saturated rings. The van der Waals surface area contributed by atoms with Gasteiger partial charge in [0.15, 0.2) is 0 Å². The largest absolute Gasteiger partial charge is 0.481 e. The molecule has 2 aliphatic rings. The van der Waals surface area contributed by atoms with E-state index in [2.05, 4.69) is 13.8 Å². The second-order valence-corrected chi connectivity index (χ2v) is 5.81. The Morgan fingerprint density at radius 2 is 1.54 bits per heavy atom. The molecule has 0 aromatic heterocycles. The van der Waals surface area contributed by atoms with Crippen LogP contribution >= 0.6 is 0 Å². The van der Waals surface area contributed by atoms with Crippen LogP contribution < -0.4 is 0 Å². The highest BCUT2D eigenvalue weighted by Crippen LogP contribution is 2.69. The van der Waals surface area contributed by atoms with Crippen molar-refractivity contribution in [2.24, 2.45) is 10.8 Å². The summed E-state index contributed by atoms with van der Waals surface area (Å²) in [7, 11) is 0. The van der Waals surface area contributed by atoms with Crippen molar-refractivity contribution in [2.45, 2.75) is 45.3 Å². The number of hydrogen-bond acceptors (Lipinski definition) is 0. The average Bonchev–Trinajstić information content (AvgIpc) is 1.72. The first-order valence-corrected chi connectivity index (χ1v) is 4.93. The van der Waals surface area contributed by atoms with Gasteiger partial charge in [-0.05, 0) is 23.7 Å². The van der Waals surface area contributed by atoms with Crippen LogP contribution in [0, 0.1) is 10.8 Å². The van der Waals surface area contributed by atoms with Crippen LogP contribution in [-0.4, -0.2) is 6.98 Å². The van der Waals surface area contributed by atoms with E-state index in [1.807, 2.05) is 0 Å². The highest BCUT2D eigenvalue weighted by atomic mass is 19.4. The molecule has 2 rings (SSSR count). The molecule has 0 amide bonds. The van der Waals surface area contributed by atoms with Crippen molar-refractivity contribution < 1.29 is 12.9 Å². The summed E-state index contributed by atoms with van der Waals surface area (Å²) in [4.78, 5) is 0. The van der Waals surface area contributed by atoms with Gasteiger partial charge in [-0.25, -0.2) is 0 Å². The molecule has 13 heavy (non-hydrogen) atoms. The van der Waals surface area contributed by atoms with Crippen LogP contribution in [0.2, 0.25) is 5.82 Å². The fourth-order valence-corrected chi connectivity index (χ4v) is 3.59. The summed E-state index contributed by atoms with van der Waals surface area (Å²) >= 11 is 0. The second kappa shape index (κ2) is 2.26. The highest BCUT2D eigenvalue weighted by Gasteiger charge is 2.59. The van der Waals surface area contributed by atoms with E-state index < -0.39 is 12.8 Å². The molecule has 0 heterocycles. The van der Waals surface area contributed by atoms with Crippen LogP contribution in [0.25, 0.3) is 0 Å². The first kappa shape index (κ1) is 9.41. The van der Waals surface area contributed by atoms with Gasteiger partial charge in [-0.3, -0.25) is 0 Å². The lowest BCUT2D eigenvalue weighted by Crippen LogP contribution is -2.53. The van der Waals surface area contributed by atoms with Gasteiger partial charge < -0.3 is 12.9 Å². The smallest absolute Gasteiger partial charge is 0.449 e. The molecule has 0 unspecified atom stereocenters. The summed E-state index contributed by atoms with van der Waals surface area (Å²) in [6, 6.07) is 0. The van der Waals surface area contributed by atoms with E-state index in [4.69, 9.17) is 0 Å². The monoisotopic (exact) mass is 191 g/mol.